The fourth-order valence-electron chi connectivity index (χ4n) is 1.44. The van der Waals surface area contributed by atoms with Crippen LogP contribution in [0.3, 0.4) is 0 Å². The molecule has 0 bridgehead atoms. The summed E-state index contributed by atoms with van der Waals surface area (Å²) in [7, 11) is 0. The van der Waals surface area contributed by atoms with Crippen molar-refractivity contribution in [2.75, 3.05) is 6.61 Å². The van der Waals surface area contributed by atoms with Crippen LogP contribution in [0.15, 0.2) is 18.3 Å². The van der Waals surface area contributed by atoms with Gasteiger partial charge < -0.3 is 4.74 Å². The summed E-state index contributed by atoms with van der Waals surface area (Å²) >= 11 is 0. The Morgan fingerprint density at radius 2 is 2.56 bits per heavy atom. The van der Waals surface area contributed by atoms with Gasteiger partial charge in [0.25, 0.3) is 0 Å². The lowest BCUT2D eigenvalue weighted by Gasteiger charge is -2.01. The van der Waals surface area contributed by atoms with Gasteiger partial charge in [0.2, 0.25) is 0 Å². The average Bonchev–Trinajstić information content (AvgIpc) is 2.75. The number of hydrogen-bond donors (Lipinski definition) is 0. The lowest BCUT2D eigenvalue weighted by molar-refractivity contribution is 0.0528. The molecule has 0 aromatic carbocycles. The fourth-order valence-corrected chi connectivity index (χ4v) is 1.44. The molecule has 0 amide bonds. The molecule has 0 aliphatic heterocycles. The van der Waals surface area contributed by atoms with Crippen molar-refractivity contribution in [3.05, 3.63) is 35.1 Å². The summed E-state index contributed by atoms with van der Waals surface area (Å²) in [6.45, 7) is 0.704. The number of fused-ring (bicyclic) bond motifs is 1. The van der Waals surface area contributed by atoms with Crippen molar-refractivity contribution in [2.45, 2.75) is 20.7 Å². The molecule has 0 N–H and O–H groups in total. The zero-order chi connectivity index (χ0) is 15.9. The van der Waals surface area contributed by atoms with Crippen molar-refractivity contribution >= 4 is 11.5 Å². The summed E-state index contributed by atoms with van der Waals surface area (Å²) in [5.74, 6) is -0.796. The molecule has 0 unspecified atom stereocenters. The van der Waals surface area contributed by atoms with E-state index in [1.54, 1.807) is 13.8 Å². The summed E-state index contributed by atoms with van der Waals surface area (Å²) in [5, 5.41) is 3.83. The highest BCUT2D eigenvalue weighted by Crippen LogP contribution is 2.17. The van der Waals surface area contributed by atoms with Crippen LogP contribution >= 0.6 is 0 Å². The lowest BCUT2D eigenvalue weighted by atomic mass is 10.2. The summed E-state index contributed by atoms with van der Waals surface area (Å²) in [6.07, 6.45) is -0.272. The third kappa shape index (κ3) is 1.66. The molecule has 4 heteroatoms. The number of aromatic nitrogens is 2. The zero-order valence-corrected chi connectivity index (χ0v) is 9.00. The Labute approximate surface area is 101 Å². The Hall–Kier alpha value is -1.84. The predicted octanol–water partition coefficient (Wildman–Crippen LogP) is 2.13. The second-order valence-electron chi connectivity index (χ2n) is 3.31. The van der Waals surface area contributed by atoms with E-state index >= 15 is 0 Å². The molecule has 2 rings (SSSR count). The van der Waals surface area contributed by atoms with Gasteiger partial charge >= 0.3 is 5.97 Å². The van der Waals surface area contributed by atoms with Crippen LogP contribution in [0.25, 0.3) is 5.52 Å². The van der Waals surface area contributed by atoms with E-state index in [2.05, 4.69) is 5.10 Å². The number of carbonyl (C=O) groups is 1. The molecule has 2 heterocycles. The Kier molecular flexibility index (Phi) is 1.49. The third-order valence-corrected chi connectivity index (χ3v) is 2.11. The Morgan fingerprint density at radius 3 is 3.25 bits per heavy atom. The number of esters is 1. The van der Waals surface area contributed by atoms with Crippen LogP contribution in [0.2, 0.25) is 0 Å². The molecule has 2 aromatic rings. The molecule has 0 spiro atoms. The summed E-state index contributed by atoms with van der Waals surface area (Å²) < 4.78 is 44.0. The smallest absolute Gasteiger partial charge is 0.342 e. The standard InChI is InChI=1S/C12H14N2O2/c1-4-16-12(15)11-9(3)13-14-6-5-8(2)7-10(11)14/h5-7H,4H2,1-3H3/i3D3,5D,6D. The van der Waals surface area contributed by atoms with E-state index in [0.717, 1.165) is 4.52 Å². The van der Waals surface area contributed by atoms with E-state index in [4.69, 9.17) is 11.6 Å². The molecule has 4 nitrogen and oxygen atoms in total. The molecule has 2 aromatic heterocycles. The number of pyridine rings is 1. The molecular formula is C12H14N2O2. The predicted molar refractivity (Wildman–Crippen MR) is 60.6 cm³/mol. The second-order valence-corrected chi connectivity index (χ2v) is 3.31. The van der Waals surface area contributed by atoms with E-state index in [9.17, 15) is 4.79 Å². The molecular weight excluding hydrogens is 204 g/mol. The van der Waals surface area contributed by atoms with E-state index < -0.39 is 18.5 Å². The Balaban J connectivity index is 2.87. The Morgan fingerprint density at radius 1 is 1.75 bits per heavy atom. The molecule has 0 aliphatic carbocycles. The largest absolute Gasteiger partial charge is 0.462 e. The maximum atomic E-state index is 12.1. The van der Waals surface area contributed by atoms with E-state index in [1.165, 1.54) is 6.07 Å². The van der Waals surface area contributed by atoms with Crippen molar-refractivity contribution in [3.8, 4) is 0 Å². The van der Waals surface area contributed by atoms with Crippen LogP contribution in [0.1, 0.15) is 35.4 Å². The minimum absolute atomic E-state index is 0.0718. The first kappa shape index (κ1) is 6.03. The number of aryl methyl sites for hydroxylation is 2. The Bertz CT molecular complexity index is 721. The van der Waals surface area contributed by atoms with Gasteiger partial charge in [0.15, 0.2) is 0 Å². The van der Waals surface area contributed by atoms with Crippen molar-refractivity contribution < 1.29 is 16.4 Å². The van der Waals surface area contributed by atoms with Crippen molar-refractivity contribution in [2.24, 2.45) is 0 Å². The summed E-state index contributed by atoms with van der Waals surface area (Å²) in [6, 6.07) is 1.40. The van der Waals surface area contributed by atoms with Crippen molar-refractivity contribution in [1.29, 1.82) is 0 Å². The number of hydrogen-bond acceptors (Lipinski definition) is 3. The van der Waals surface area contributed by atoms with E-state index in [0.29, 0.717) is 5.56 Å². The van der Waals surface area contributed by atoms with Crippen LogP contribution in [0, 0.1) is 13.8 Å². The minimum Gasteiger partial charge on any atom is -0.462 e. The second kappa shape index (κ2) is 3.96. The van der Waals surface area contributed by atoms with Crippen LogP contribution in [0.4, 0.5) is 0 Å². The first-order valence-electron chi connectivity index (χ1n) is 7.35. The highest BCUT2D eigenvalue weighted by atomic mass is 16.5. The summed E-state index contributed by atoms with van der Waals surface area (Å²) in [5.41, 5.74) is 0.0287. The van der Waals surface area contributed by atoms with Gasteiger partial charge in [0.1, 0.15) is 5.56 Å². The lowest BCUT2D eigenvalue weighted by Crippen LogP contribution is -2.05. The highest BCUT2D eigenvalue weighted by molar-refractivity contribution is 5.98. The van der Waals surface area contributed by atoms with E-state index in [-0.39, 0.29) is 29.9 Å². The van der Waals surface area contributed by atoms with Crippen molar-refractivity contribution in [1.82, 2.24) is 9.61 Å². The molecule has 0 saturated carbocycles. The van der Waals surface area contributed by atoms with Gasteiger partial charge in [-0.25, -0.2) is 9.31 Å². The first-order chi connectivity index (χ1) is 9.68. The molecule has 0 saturated heterocycles. The molecule has 0 fully saturated rings. The molecule has 84 valence electrons. The number of carbonyl (C=O) groups excluding carboxylic acids is 1. The first-order valence-corrected chi connectivity index (χ1v) is 4.85. The third-order valence-electron chi connectivity index (χ3n) is 2.11. The molecule has 0 radical (unpaired) electrons. The number of ether oxygens (including phenoxy) is 1. The van der Waals surface area contributed by atoms with Crippen LogP contribution in [-0.4, -0.2) is 22.2 Å². The SMILES string of the molecule is [2H]c1c(C)cc2c(C(=O)OCC)c(C([2H])([2H])[2H])nn2c1[2H]. The summed E-state index contributed by atoms with van der Waals surface area (Å²) in [4.78, 5) is 12.1. The highest BCUT2D eigenvalue weighted by Gasteiger charge is 2.17. The van der Waals surface area contributed by atoms with Gasteiger partial charge in [-0.3, -0.25) is 0 Å². The normalized spacial score (nSPS) is 16.0. The zero-order valence-electron chi connectivity index (χ0n) is 14.0. The van der Waals surface area contributed by atoms with Gasteiger partial charge in [-0.15, -0.1) is 0 Å². The molecule has 0 atom stereocenters. The van der Waals surface area contributed by atoms with Gasteiger partial charge in [-0.05, 0) is 38.4 Å². The fraction of sp³-hybridized carbons (Fsp3) is 0.333. The average molecular weight is 223 g/mol. The van der Waals surface area contributed by atoms with Gasteiger partial charge in [0, 0.05) is 10.3 Å². The molecule has 16 heavy (non-hydrogen) atoms. The van der Waals surface area contributed by atoms with Crippen LogP contribution in [-0.2, 0) is 4.74 Å². The monoisotopic (exact) mass is 223 g/mol. The van der Waals surface area contributed by atoms with Gasteiger partial charge in [0.05, 0.1) is 20.6 Å². The topological polar surface area (TPSA) is 43.6 Å². The van der Waals surface area contributed by atoms with Crippen molar-refractivity contribution in [3.63, 3.8) is 0 Å². The van der Waals surface area contributed by atoms with Crippen LogP contribution in [0.5, 0.6) is 0 Å². The molecule has 0 aliphatic rings. The van der Waals surface area contributed by atoms with E-state index in [1.807, 2.05) is 0 Å². The minimum atomic E-state index is -2.61. The van der Waals surface area contributed by atoms with Gasteiger partial charge in [-0.2, -0.15) is 5.10 Å². The maximum Gasteiger partial charge on any atom is 0.342 e. The van der Waals surface area contributed by atoms with Gasteiger partial charge in [-0.1, -0.05) is 0 Å². The maximum absolute atomic E-state index is 12.1. The number of nitrogens with zero attached hydrogens (tertiary/aromatic N) is 2. The quantitative estimate of drug-likeness (QED) is 0.732. The number of rotatable bonds is 2. The van der Waals surface area contributed by atoms with Crippen LogP contribution < -0.4 is 0 Å².